The van der Waals surface area contributed by atoms with Crippen LogP contribution in [0.25, 0.3) is 0 Å². The van der Waals surface area contributed by atoms with E-state index in [0.29, 0.717) is 0 Å². The highest BCUT2D eigenvalue weighted by molar-refractivity contribution is 8.00. The van der Waals surface area contributed by atoms with Crippen molar-refractivity contribution in [3.8, 4) is 0 Å². The van der Waals surface area contributed by atoms with Crippen LogP contribution >= 0.6 is 23.5 Å². The minimum Gasteiger partial charge on any atom is -0.115 e. The van der Waals surface area contributed by atoms with Crippen LogP contribution in [0.4, 0.5) is 0 Å². The topological polar surface area (TPSA) is 0 Å². The van der Waals surface area contributed by atoms with Gasteiger partial charge in [0.15, 0.2) is 0 Å². The first-order valence-corrected chi connectivity index (χ1v) is 10.6. The van der Waals surface area contributed by atoms with Gasteiger partial charge in [-0.05, 0) is 63.1 Å². The van der Waals surface area contributed by atoms with Crippen molar-refractivity contribution in [2.75, 3.05) is 0 Å². The third-order valence-electron chi connectivity index (χ3n) is 4.51. The van der Waals surface area contributed by atoms with E-state index < -0.39 is 0 Å². The fourth-order valence-corrected chi connectivity index (χ4v) is 5.21. The molecule has 0 aromatic heterocycles. The zero-order chi connectivity index (χ0) is 18.6. The second-order valence-corrected chi connectivity index (χ2v) is 10.8. The fraction of sp³-hybridized carbons (Fsp3) is 0.250. The fourth-order valence-electron chi connectivity index (χ4n) is 2.96. The van der Waals surface area contributed by atoms with E-state index in [2.05, 4.69) is 113 Å². The molecule has 0 aliphatic heterocycles. The van der Waals surface area contributed by atoms with E-state index in [4.69, 9.17) is 0 Å². The molecule has 0 saturated heterocycles. The van der Waals surface area contributed by atoms with Crippen LogP contribution in [0.2, 0.25) is 0 Å². The number of rotatable bonds is 6. The molecule has 0 saturated carbocycles. The third kappa shape index (κ3) is 4.75. The molecular formula is C24H26S2. The summed E-state index contributed by atoms with van der Waals surface area (Å²) in [6.45, 7) is 9.16. The summed E-state index contributed by atoms with van der Waals surface area (Å²) in [5, 5.41) is 0. The lowest BCUT2D eigenvalue weighted by molar-refractivity contribution is 0.776. The number of hydrogen-bond donors (Lipinski definition) is 0. The van der Waals surface area contributed by atoms with Crippen LogP contribution in [-0.2, 0) is 9.49 Å². The van der Waals surface area contributed by atoms with Crippen LogP contribution < -0.4 is 0 Å². The second kappa shape index (κ2) is 7.94. The van der Waals surface area contributed by atoms with E-state index in [9.17, 15) is 0 Å². The smallest absolute Gasteiger partial charge is 0.0399 e. The summed E-state index contributed by atoms with van der Waals surface area (Å²) < 4.78 is 0.0938. The maximum atomic E-state index is 2.29. The van der Waals surface area contributed by atoms with Crippen LogP contribution in [0.3, 0.4) is 0 Å². The molecule has 0 bridgehead atoms. The molecular weight excluding hydrogens is 352 g/mol. The highest BCUT2D eigenvalue weighted by Crippen LogP contribution is 2.43. The number of benzene rings is 3. The van der Waals surface area contributed by atoms with Crippen molar-refractivity contribution in [1.82, 2.24) is 0 Å². The van der Waals surface area contributed by atoms with Crippen molar-refractivity contribution in [2.24, 2.45) is 0 Å². The minimum absolute atomic E-state index is 0.0412. The Hall–Kier alpha value is -1.64. The van der Waals surface area contributed by atoms with Crippen molar-refractivity contribution in [1.29, 1.82) is 0 Å². The van der Waals surface area contributed by atoms with E-state index >= 15 is 0 Å². The van der Waals surface area contributed by atoms with Gasteiger partial charge in [0.2, 0.25) is 0 Å². The van der Waals surface area contributed by atoms with Gasteiger partial charge in [0.1, 0.15) is 0 Å². The van der Waals surface area contributed by atoms with Crippen molar-refractivity contribution < 1.29 is 0 Å². The molecule has 26 heavy (non-hydrogen) atoms. The zero-order valence-electron chi connectivity index (χ0n) is 15.9. The second-order valence-electron chi connectivity index (χ2n) is 7.43. The highest BCUT2D eigenvalue weighted by Gasteiger charge is 2.24. The average Bonchev–Trinajstić information content (AvgIpc) is 2.63. The average molecular weight is 379 g/mol. The predicted molar refractivity (Wildman–Crippen MR) is 117 cm³/mol. The minimum atomic E-state index is 0.0412. The predicted octanol–water partition coefficient (Wildman–Crippen LogP) is 7.74. The summed E-state index contributed by atoms with van der Waals surface area (Å²) in [6.07, 6.45) is 0. The van der Waals surface area contributed by atoms with Gasteiger partial charge in [-0.25, -0.2) is 0 Å². The van der Waals surface area contributed by atoms with E-state index in [1.54, 1.807) is 0 Å². The molecule has 0 heterocycles. The summed E-state index contributed by atoms with van der Waals surface area (Å²) in [6, 6.07) is 30.4. The third-order valence-corrected chi connectivity index (χ3v) is 7.02. The monoisotopic (exact) mass is 378 g/mol. The summed E-state index contributed by atoms with van der Waals surface area (Å²) in [7, 11) is 0. The molecule has 0 nitrogen and oxygen atoms in total. The molecule has 0 aliphatic rings. The Labute approximate surface area is 166 Å². The molecule has 3 aromatic carbocycles. The van der Waals surface area contributed by atoms with Gasteiger partial charge >= 0.3 is 0 Å². The Morgan fingerprint density at radius 1 is 0.462 bits per heavy atom. The van der Waals surface area contributed by atoms with E-state index in [1.807, 2.05) is 23.5 Å². The molecule has 0 atom stereocenters. The van der Waals surface area contributed by atoms with Gasteiger partial charge in [0.25, 0.3) is 0 Å². The first-order valence-electron chi connectivity index (χ1n) is 8.96. The molecule has 3 rings (SSSR count). The zero-order valence-corrected chi connectivity index (χ0v) is 17.5. The summed E-state index contributed by atoms with van der Waals surface area (Å²) in [4.78, 5) is 2.62. The van der Waals surface area contributed by atoms with Crippen LogP contribution in [0, 0.1) is 0 Å². The molecule has 0 unspecified atom stereocenters. The lowest BCUT2D eigenvalue weighted by Crippen LogP contribution is -2.13. The molecule has 134 valence electrons. The molecule has 0 N–H and O–H groups in total. The Morgan fingerprint density at radius 2 is 0.846 bits per heavy atom. The van der Waals surface area contributed by atoms with E-state index in [0.717, 1.165) is 0 Å². The molecule has 0 spiro atoms. The quantitative estimate of drug-likeness (QED) is 0.402. The Bertz CT molecular complexity index is 819. The summed E-state index contributed by atoms with van der Waals surface area (Å²) >= 11 is 3.82. The van der Waals surface area contributed by atoms with Crippen LogP contribution in [0.15, 0.2) is 94.7 Å². The Morgan fingerprint density at radius 3 is 1.35 bits per heavy atom. The molecule has 0 fully saturated rings. The SMILES string of the molecule is CC(C)(Sc1ccc(C(C)(C)Sc2ccccc2)cc1)c1ccccc1. The largest absolute Gasteiger partial charge is 0.115 e. The summed E-state index contributed by atoms with van der Waals surface area (Å²) in [5.41, 5.74) is 2.71. The van der Waals surface area contributed by atoms with Crippen LogP contribution in [0.1, 0.15) is 38.8 Å². The standard InChI is InChI=1S/C24H26S2/c1-23(2,19-11-7-5-8-12-19)26-22-17-15-20(16-18-22)24(3,4)25-21-13-9-6-10-14-21/h5-18H,1-4H3. The highest BCUT2D eigenvalue weighted by atomic mass is 32.2. The van der Waals surface area contributed by atoms with E-state index in [-0.39, 0.29) is 9.49 Å². The van der Waals surface area contributed by atoms with Crippen molar-refractivity contribution in [2.45, 2.75) is 47.0 Å². The first-order chi connectivity index (χ1) is 12.4. The Kier molecular flexibility index (Phi) is 5.84. The molecule has 0 aliphatic carbocycles. The molecule has 3 aromatic rings. The molecule has 0 amide bonds. The van der Waals surface area contributed by atoms with Gasteiger partial charge < -0.3 is 0 Å². The number of thioether (sulfide) groups is 2. The van der Waals surface area contributed by atoms with Gasteiger partial charge in [-0.2, -0.15) is 0 Å². The van der Waals surface area contributed by atoms with Gasteiger partial charge in [-0.3, -0.25) is 0 Å². The number of hydrogen-bond acceptors (Lipinski definition) is 2. The van der Waals surface area contributed by atoms with Crippen LogP contribution in [-0.4, -0.2) is 0 Å². The lowest BCUT2D eigenvalue weighted by Gasteiger charge is -2.27. The lowest BCUT2D eigenvalue weighted by atomic mass is 10.0. The van der Waals surface area contributed by atoms with Gasteiger partial charge in [0, 0.05) is 19.3 Å². The van der Waals surface area contributed by atoms with Gasteiger partial charge in [0.05, 0.1) is 0 Å². The van der Waals surface area contributed by atoms with Crippen molar-refractivity contribution in [3.63, 3.8) is 0 Å². The van der Waals surface area contributed by atoms with Gasteiger partial charge in [-0.1, -0.05) is 60.7 Å². The maximum Gasteiger partial charge on any atom is 0.0399 e. The molecule has 2 heteroatoms. The van der Waals surface area contributed by atoms with Crippen molar-refractivity contribution >= 4 is 23.5 Å². The van der Waals surface area contributed by atoms with Gasteiger partial charge in [-0.15, -0.1) is 23.5 Å². The first kappa shape index (κ1) is 19.1. The van der Waals surface area contributed by atoms with E-state index in [1.165, 1.54) is 20.9 Å². The normalized spacial score (nSPS) is 12.2. The Balaban J connectivity index is 1.74. The van der Waals surface area contributed by atoms with Crippen LogP contribution in [0.5, 0.6) is 0 Å². The molecule has 0 radical (unpaired) electrons. The maximum absolute atomic E-state index is 2.29. The van der Waals surface area contributed by atoms with Crippen molar-refractivity contribution in [3.05, 3.63) is 96.1 Å². The summed E-state index contributed by atoms with van der Waals surface area (Å²) in [5.74, 6) is 0.